The predicted octanol–water partition coefficient (Wildman–Crippen LogP) is 2.51. The number of esters is 2. The van der Waals surface area contributed by atoms with Crippen LogP contribution in [-0.2, 0) is 4.74 Å². The molecule has 25 heavy (non-hydrogen) atoms. The first-order valence-electron chi connectivity index (χ1n) is 6.67. The number of hydrogen-bond donors (Lipinski definition) is 0. The molecule has 0 heterocycles. The highest BCUT2D eigenvalue weighted by Crippen LogP contribution is 2.31. The van der Waals surface area contributed by atoms with Crippen LogP contribution in [0.5, 0.6) is 5.75 Å². The number of hydrogen-bond acceptors (Lipinski definition) is 8. The topological polar surface area (TPSA) is 139 Å². The van der Waals surface area contributed by atoms with Crippen LogP contribution >= 0.6 is 0 Å². The lowest BCUT2D eigenvalue weighted by molar-refractivity contribution is -0.386. The zero-order valence-corrected chi connectivity index (χ0v) is 12.7. The molecule has 0 atom stereocenters. The number of ether oxygens (including phenoxy) is 2. The van der Waals surface area contributed by atoms with Crippen LogP contribution < -0.4 is 4.74 Å². The lowest BCUT2D eigenvalue weighted by Gasteiger charge is -2.06. The Morgan fingerprint density at radius 2 is 1.64 bits per heavy atom. The number of carbonyl (C=O) groups is 2. The van der Waals surface area contributed by atoms with E-state index >= 15 is 0 Å². The Labute approximate surface area is 139 Å². The summed E-state index contributed by atoms with van der Waals surface area (Å²) >= 11 is 0. The molecule has 0 bridgehead atoms. The number of nitro groups is 2. The molecule has 0 aliphatic carbocycles. The zero-order chi connectivity index (χ0) is 18.6. The summed E-state index contributed by atoms with van der Waals surface area (Å²) in [7, 11) is 1.19. The molecular formula is C15H10N2O8. The minimum absolute atomic E-state index is 0.178. The molecule has 0 radical (unpaired) electrons. The van der Waals surface area contributed by atoms with Crippen molar-refractivity contribution in [3.8, 4) is 5.75 Å². The van der Waals surface area contributed by atoms with E-state index in [9.17, 15) is 29.8 Å². The average molecular weight is 346 g/mol. The van der Waals surface area contributed by atoms with Crippen molar-refractivity contribution in [1.29, 1.82) is 0 Å². The normalized spacial score (nSPS) is 9.96. The van der Waals surface area contributed by atoms with Crippen molar-refractivity contribution in [2.24, 2.45) is 0 Å². The van der Waals surface area contributed by atoms with Gasteiger partial charge >= 0.3 is 17.6 Å². The quantitative estimate of drug-likeness (QED) is 0.348. The van der Waals surface area contributed by atoms with Crippen LogP contribution in [0.15, 0.2) is 42.5 Å². The summed E-state index contributed by atoms with van der Waals surface area (Å²) in [6.07, 6.45) is 0. The Morgan fingerprint density at radius 3 is 2.24 bits per heavy atom. The number of benzene rings is 2. The van der Waals surface area contributed by atoms with Crippen LogP contribution in [0.2, 0.25) is 0 Å². The molecule has 0 aliphatic heterocycles. The fourth-order valence-electron chi connectivity index (χ4n) is 1.98. The van der Waals surface area contributed by atoms with E-state index in [1.165, 1.54) is 31.4 Å². The Balaban J connectivity index is 2.31. The number of rotatable bonds is 5. The van der Waals surface area contributed by atoms with Crippen molar-refractivity contribution in [2.45, 2.75) is 0 Å². The summed E-state index contributed by atoms with van der Waals surface area (Å²) in [5.41, 5.74) is -1.74. The van der Waals surface area contributed by atoms with Gasteiger partial charge in [-0.2, -0.15) is 0 Å². The molecule has 10 heteroatoms. The standard InChI is InChI=1S/C15H10N2O8/c1-24-12-7-3-6-11(13(12)17(22)23)15(19)25-14(18)9-4-2-5-10(8-9)16(20)21/h2-8H,1H3. The third kappa shape index (κ3) is 3.75. The average Bonchev–Trinajstić information content (AvgIpc) is 2.60. The van der Waals surface area contributed by atoms with Gasteiger partial charge in [0.15, 0.2) is 5.75 Å². The van der Waals surface area contributed by atoms with E-state index in [0.717, 1.165) is 18.2 Å². The zero-order valence-electron chi connectivity index (χ0n) is 12.7. The molecule has 0 saturated heterocycles. The molecule has 0 amide bonds. The fraction of sp³-hybridized carbons (Fsp3) is 0.0667. The van der Waals surface area contributed by atoms with Crippen molar-refractivity contribution in [3.05, 3.63) is 73.8 Å². The molecule has 2 aromatic rings. The van der Waals surface area contributed by atoms with E-state index in [1.807, 2.05) is 0 Å². The largest absolute Gasteiger partial charge is 0.490 e. The van der Waals surface area contributed by atoms with Crippen LogP contribution in [0, 0.1) is 20.2 Å². The molecule has 2 rings (SSSR count). The summed E-state index contributed by atoms with van der Waals surface area (Å²) in [4.78, 5) is 44.4. The Bertz CT molecular complexity index is 878. The Hall–Kier alpha value is -3.82. The van der Waals surface area contributed by atoms with Gasteiger partial charge in [0.05, 0.1) is 22.5 Å². The summed E-state index contributed by atoms with van der Waals surface area (Å²) in [6, 6.07) is 8.23. The van der Waals surface area contributed by atoms with Gasteiger partial charge in [0.25, 0.3) is 5.69 Å². The number of carbonyl (C=O) groups excluding carboxylic acids is 2. The number of para-hydroxylation sites is 1. The van der Waals surface area contributed by atoms with Crippen molar-refractivity contribution in [2.75, 3.05) is 7.11 Å². The van der Waals surface area contributed by atoms with Crippen LogP contribution in [0.1, 0.15) is 20.7 Å². The highest BCUT2D eigenvalue weighted by Gasteiger charge is 2.28. The maximum atomic E-state index is 12.1. The second-order valence-electron chi connectivity index (χ2n) is 4.60. The third-order valence-electron chi connectivity index (χ3n) is 3.10. The van der Waals surface area contributed by atoms with E-state index in [2.05, 4.69) is 4.74 Å². The van der Waals surface area contributed by atoms with E-state index in [1.54, 1.807) is 0 Å². The first kappa shape index (κ1) is 17.5. The third-order valence-corrected chi connectivity index (χ3v) is 3.10. The van der Waals surface area contributed by atoms with Gasteiger partial charge < -0.3 is 9.47 Å². The molecule has 2 aromatic carbocycles. The van der Waals surface area contributed by atoms with E-state index in [0.29, 0.717) is 0 Å². The molecule has 0 fully saturated rings. The second-order valence-corrected chi connectivity index (χ2v) is 4.60. The maximum absolute atomic E-state index is 12.1. The molecule has 0 saturated carbocycles. The molecule has 10 nitrogen and oxygen atoms in total. The minimum Gasteiger partial charge on any atom is -0.490 e. The lowest BCUT2D eigenvalue weighted by Crippen LogP contribution is -2.15. The maximum Gasteiger partial charge on any atom is 0.353 e. The summed E-state index contributed by atoms with van der Waals surface area (Å²) in [5, 5.41) is 21.8. The lowest BCUT2D eigenvalue weighted by atomic mass is 10.1. The molecule has 0 aromatic heterocycles. The van der Waals surface area contributed by atoms with E-state index in [-0.39, 0.29) is 17.0 Å². The summed E-state index contributed by atoms with van der Waals surface area (Å²) in [6.45, 7) is 0. The SMILES string of the molecule is COc1cccc(C(=O)OC(=O)c2cccc([N+](=O)[O-])c2)c1[N+](=O)[O-]. The van der Waals surface area contributed by atoms with Crippen molar-refractivity contribution >= 4 is 23.3 Å². The molecule has 0 N–H and O–H groups in total. The number of non-ortho nitro benzene ring substituents is 1. The summed E-state index contributed by atoms with van der Waals surface area (Å²) < 4.78 is 9.41. The second kappa shape index (κ2) is 7.17. The Kier molecular flexibility index (Phi) is 5.03. The van der Waals surface area contributed by atoms with Crippen LogP contribution in [-0.4, -0.2) is 28.9 Å². The van der Waals surface area contributed by atoms with Gasteiger partial charge in [-0.25, -0.2) is 9.59 Å². The van der Waals surface area contributed by atoms with Crippen LogP contribution in [0.25, 0.3) is 0 Å². The van der Waals surface area contributed by atoms with Gasteiger partial charge in [0.2, 0.25) is 0 Å². The molecule has 0 spiro atoms. The fourth-order valence-corrected chi connectivity index (χ4v) is 1.98. The first-order chi connectivity index (χ1) is 11.8. The van der Waals surface area contributed by atoms with Gasteiger partial charge in [-0.05, 0) is 18.2 Å². The van der Waals surface area contributed by atoms with Gasteiger partial charge in [-0.1, -0.05) is 12.1 Å². The van der Waals surface area contributed by atoms with Gasteiger partial charge in [-0.3, -0.25) is 20.2 Å². The monoisotopic (exact) mass is 346 g/mol. The predicted molar refractivity (Wildman–Crippen MR) is 82.5 cm³/mol. The number of nitrogens with zero attached hydrogens (tertiary/aromatic N) is 2. The number of nitro benzene ring substituents is 2. The van der Waals surface area contributed by atoms with E-state index < -0.39 is 33.0 Å². The van der Waals surface area contributed by atoms with Crippen molar-refractivity contribution in [1.82, 2.24) is 0 Å². The Morgan fingerprint density at radius 1 is 0.960 bits per heavy atom. The molecule has 0 unspecified atom stereocenters. The van der Waals surface area contributed by atoms with E-state index in [4.69, 9.17) is 4.74 Å². The van der Waals surface area contributed by atoms with Crippen molar-refractivity contribution in [3.63, 3.8) is 0 Å². The van der Waals surface area contributed by atoms with Crippen LogP contribution in [0.3, 0.4) is 0 Å². The molecule has 0 aliphatic rings. The summed E-state index contributed by atoms with van der Waals surface area (Å²) in [5.74, 6) is -2.63. The van der Waals surface area contributed by atoms with Gasteiger partial charge in [0, 0.05) is 12.1 Å². The number of methoxy groups -OCH3 is 1. The minimum atomic E-state index is -1.28. The van der Waals surface area contributed by atoms with Crippen LogP contribution in [0.4, 0.5) is 11.4 Å². The smallest absolute Gasteiger partial charge is 0.353 e. The highest BCUT2D eigenvalue weighted by molar-refractivity contribution is 6.05. The first-order valence-corrected chi connectivity index (χ1v) is 6.67. The van der Waals surface area contributed by atoms with Gasteiger partial charge in [-0.15, -0.1) is 0 Å². The molecular weight excluding hydrogens is 336 g/mol. The van der Waals surface area contributed by atoms with Gasteiger partial charge in [0.1, 0.15) is 5.56 Å². The molecule has 128 valence electrons. The van der Waals surface area contributed by atoms with Crippen molar-refractivity contribution < 1.29 is 28.9 Å². The highest BCUT2D eigenvalue weighted by atomic mass is 16.6.